The zero-order valence-corrected chi connectivity index (χ0v) is 7.87. The van der Waals surface area contributed by atoms with E-state index in [4.69, 9.17) is 0 Å². The average Bonchev–Trinajstić information content (AvgIpc) is 2.19. The van der Waals surface area contributed by atoms with Gasteiger partial charge in [0.2, 0.25) is 0 Å². The monoisotopic (exact) mass is 194 g/mol. The van der Waals surface area contributed by atoms with Crippen molar-refractivity contribution in [2.75, 3.05) is 0 Å². The zero-order valence-electron chi connectivity index (χ0n) is 7.87. The smallest absolute Gasteiger partial charge is 0.335 e. The van der Waals surface area contributed by atoms with Crippen molar-refractivity contribution in [3.05, 3.63) is 48.0 Å². The molecule has 3 heteroatoms. The van der Waals surface area contributed by atoms with Gasteiger partial charge in [0, 0.05) is 11.1 Å². The third-order valence-electron chi connectivity index (χ3n) is 1.62. The Morgan fingerprint density at radius 1 is 1.43 bits per heavy atom. The first-order chi connectivity index (χ1) is 6.61. The highest BCUT2D eigenvalue weighted by Gasteiger charge is 2.14. The van der Waals surface area contributed by atoms with E-state index in [0.29, 0.717) is 5.56 Å². The van der Waals surface area contributed by atoms with Crippen LogP contribution < -0.4 is 0 Å². The van der Waals surface area contributed by atoms with Crippen molar-refractivity contribution in [1.82, 2.24) is 0 Å². The maximum absolute atomic E-state index is 13.3. The van der Waals surface area contributed by atoms with E-state index in [-0.39, 0.29) is 5.57 Å². The van der Waals surface area contributed by atoms with Crippen molar-refractivity contribution in [2.24, 2.45) is 0 Å². The number of benzene rings is 1. The van der Waals surface area contributed by atoms with Crippen LogP contribution in [0.25, 0.3) is 0 Å². The van der Waals surface area contributed by atoms with Gasteiger partial charge in [-0.1, -0.05) is 36.9 Å². The summed E-state index contributed by atoms with van der Waals surface area (Å²) in [5.41, 5.74) is 0.505. The number of hydrogen-bond acceptors (Lipinski definition) is 2. The highest BCUT2D eigenvalue weighted by atomic mass is 19.1. The predicted octanol–water partition coefficient (Wildman–Crippen LogP) is 2.77. The Morgan fingerprint density at radius 3 is 2.50 bits per heavy atom. The molecule has 2 nitrogen and oxygen atoms in total. The second-order valence-electron chi connectivity index (χ2n) is 2.91. The quantitative estimate of drug-likeness (QED) is 0.546. The van der Waals surface area contributed by atoms with E-state index in [1.165, 1.54) is 6.92 Å². The van der Waals surface area contributed by atoms with Crippen molar-refractivity contribution in [1.29, 1.82) is 0 Å². The van der Waals surface area contributed by atoms with Crippen LogP contribution in [0.3, 0.4) is 0 Å². The molecule has 0 aliphatic rings. The van der Waals surface area contributed by atoms with E-state index >= 15 is 0 Å². The number of halogens is 1. The van der Waals surface area contributed by atoms with Crippen LogP contribution in [0, 0.1) is 0 Å². The summed E-state index contributed by atoms with van der Waals surface area (Å²) < 4.78 is 17.8. The normalized spacial score (nSPS) is 11.9. The van der Waals surface area contributed by atoms with Gasteiger partial charge in [-0.25, -0.2) is 4.79 Å². The Balaban J connectivity index is 2.64. The standard InChI is InChI=1S/C11H11FO2/c1-8(2)11(13)14-10(12)9-6-4-3-5-7-9/h3-7,10H,1H2,2H3. The molecule has 0 N–H and O–H groups in total. The highest BCUT2D eigenvalue weighted by molar-refractivity contribution is 5.87. The fourth-order valence-corrected chi connectivity index (χ4v) is 0.867. The highest BCUT2D eigenvalue weighted by Crippen LogP contribution is 2.19. The molecule has 1 aromatic rings. The average molecular weight is 194 g/mol. The first-order valence-corrected chi connectivity index (χ1v) is 4.17. The van der Waals surface area contributed by atoms with Gasteiger partial charge in [0.05, 0.1) is 0 Å². The van der Waals surface area contributed by atoms with Crippen LogP contribution in [0.2, 0.25) is 0 Å². The summed E-state index contributed by atoms with van der Waals surface area (Å²) >= 11 is 0. The molecule has 0 radical (unpaired) electrons. The molecule has 1 aromatic carbocycles. The van der Waals surface area contributed by atoms with Gasteiger partial charge in [-0.05, 0) is 6.92 Å². The van der Waals surface area contributed by atoms with Gasteiger partial charge in [-0.2, -0.15) is 4.39 Å². The second-order valence-corrected chi connectivity index (χ2v) is 2.91. The van der Waals surface area contributed by atoms with Gasteiger partial charge in [-0.15, -0.1) is 0 Å². The molecule has 0 spiro atoms. The number of carbonyl (C=O) groups excluding carboxylic acids is 1. The lowest BCUT2D eigenvalue weighted by atomic mass is 10.2. The number of ether oxygens (including phenoxy) is 1. The molecule has 0 aliphatic carbocycles. The lowest BCUT2D eigenvalue weighted by molar-refractivity contribution is -0.153. The van der Waals surface area contributed by atoms with E-state index in [9.17, 15) is 9.18 Å². The summed E-state index contributed by atoms with van der Waals surface area (Å²) in [5, 5.41) is 0. The molecule has 0 saturated heterocycles. The molecule has 0 aromatic heterocycles. The van der Waals surface area contributed by atoms with Gasteiger partial charge in [0.15, 0.2) is 0 Å². The summed E-state index contributed by atoms with van der Waals surface area (Å²) in [7, 11) is 0. The van der Waals surface area contributed by atoms with E-state index in [1.807, 2.05) is 0 Å². The summed E-state index contributed by atoms with van der Waals surface area (Å²) in [6.45, 7) is 4.83. The fourth-order valence-electron chi connectivity index (χ4n) is 0.867. The molecular weight excluding hydrogens is 183 g/mol. The Hall–Kier alpha value is -1.64. The van der Waals surface area contributed by atoms with Crippen LogP contribution in [-0.2, 0) is 9.53 Å². The molecule has 74 valence electrons. The summed E-state index contributed by atoms with van der Waals surface area (Å²) in [4.78, 5) is 11.0. The third-order valence-corrected chi connectivity index (χ3v) is 1.62. The molecule has 14 heavy (non-hydrogen) atoms. The molecule has 0 fully saturated rings. The van der Waals surface area contributed by atoms with E-state index in [0.717, 1.165) is 0 Å². The summed E-state index contributed by atoms with van der Waals surface area (Å²) in [6.07, 6.45) is -1.72. The largest absolute Gasteiger partial charge is 0.423 e. The number of carbonyl (C=O) groups is 1. The first-order valence-electron chi connectivity index (χ1n) is 4.17. The molecule has 0 saturated carbocycles. The van der Waals surface area contributed by atoms with Crippen molar-refractivity contribution in [3.8, 4) is 0 Å². The Kier molecular flexibility index (Phi) is 3.40. The molecule has 0 aliphatic heterocycles. The number of esters is 1. The van der Waals surface area contributed by atoms with Gasteiger partial charge in [-0.3, -0.25) is 0 Å². The maximum atomic E-state index is 13.3. The van der Waals surface area contributed by atoms with Crippen LogP contribution in [0.4, 0.5) is 4.39 Å². The van der Waals surface area contributed by atoms with Gasteiger partial charge in [0.25, 0.3) is 6.36 Å². The minimum Gasteiger partial charge on any atom is -0.423 e. The van der Waals surface area contributed by atoms with Crippen LogP contribution in [0.15, 0.2) is 42.5 Å². The van der Waals surface area contributed by atoms with Gasteiger partial charge >= 0.3 is 5.97 Å². The van der Waals surface area contributed by atoms with Crippen molar-refractivity contribution in [3.63, 3.8) is 0 Å². The first kappa shape index (κ1) is 10.4. The number of hydrogen-bond donors (Lipinski definition) is 0. The zero-order chi connectivity index (χ0) is 10.6. The van der Waals surface area contributed by atoms with Crippen molar-refractivity contribution >= 4 is 5.97 Å². The van der Waals surface area contributed by atoms with Crippen LogP contribution >= 0.6 is 0 Å². The van der Waals surface area contributed by atoms with Crippen LogP contribution in [0.1, 0.15) is 18.8 Å². The fraction of sp³-hybridized carbons (Fsp3) is 0.182. The Labute approximate surface area is 82.0 Å². The number of alkyl halides is 1. The van der Waals surface area contributed by atoms with E-state index < -0.39 is 12.3 Å². The molecule has 1 rings (SSSR count). The Bertz CT molecular complexity index is 332. The summed E-state index contributed by atoms with van der Waals surface area (Å²) in [5.74, 6) is -0.721. The van der Waals surface area contributed by atoms with E-state index in [2.05, 4.69) is 11.3 Å². The van der Waals surface area contributed by atoms with Gasteiger partial charge < -0.3 is 4.74 Å². The Morgan fingerprint density at radius 2 is 2.00 bits per heavy atom. The van der Waals surface area contributed by atoms with E-state index in [1.54, 1.807) is 30.3 Å². The molecule has 1 unspecified atom stereocenters. The van der Waals surface area contributed by atoms with Crippen LogP contribution in [0.5, 0.6) is 0 Å². The van der Waals surface area contributed by atoms with Crippen LogP contribution in [-0.4, -0.2) is 5.97 Å². The second kappa shape index (κ2) is 4.56. The van der Waals surface area contributed by atoms with Gasteiger partial charge in [0.1, 0.15) is 0 Å². The molecule has 0 bridgehead atoms. The molecule has 0 heterocycles. The molecule has 1 atom stereocenters. The lowest BCUT2D eigenvalue weighted by Crippen LogP contribution is -2.08. The van der Waals surface area contributed by atoms with Crippen molar-refractivity contribution in [2.45, 2.75) is 13.3 Å². The number of rotatable bonds is 3. The topological polar surface area (TPSA) is 26.3 Å². The maximum Gasteiger partial charge on any atom is 0.335 e. The molecule has 0 amide bonds. The minimum atomic E-state index is -1.72. The lowest BCUT2D eigenvalue weighted by Gasteiger charge is -2.09. The predicted molar refractivity (Wildman–Crippen MR) is 51.2 cm³/mol. The summed E-state index contributed by atoms with van der Waals surface area (Å²) in [6, 6.07) is 8.22. The SMILES string of the molecule is C=C(C)C(=O)OC(F)c1ccccc1. The molecular formula is C11H11FO2. The minimum absolute atomic E-state index is 0.184. The third kappa shape index (κ3) is 2.69. The van der Waals surface area contributed by atoms with Crippen molar-refractivity contribution < 1.29 is 13.9 Å².